The van der Waals surface area contributed by atoms with Gasteiger partial charge in [-0.05, 0) is 33.6 Å². The number of hydrogen-bond donors (Lipinski definition) is 1. The summed E-state index contributed by atoms with van der Waals surface area (Å²) >= 11 is 3.13. The predicted molar refractivity (Wildman–Crippen MR) is 79.8 cm³/mol. The fourth-order valence-corrected chi connectivity index (χ4v) is 2.11. The topological polar surface area (TPSA) is 29.1 Å². The number of rotatable bonds is 6. The molecule has 1 rings (SSSR count). The van der Waals surface area contributed by atoms with E-state index in [1.54, 1.807) is 12.1 Å². The minimum atomic E-state index is -0.330. The van der Waals surface area contributed by atoms with E-state index < -0.39 is 0 Å². The Kier molecular flexibility index (Phi) is 6.14. The Labute approximate surface area is 122 Å². The smallest absolute Gasteiger partial charge is 0.144 e. The molecule has 0 aromatic heterocycles. The SMILES string of the molecule is CC(C)NCC(C(=O)C(C)C)c1ccc(Br)c(F)c1. The van der Waals surface area contributed by atoms with Gasteiger partial charge < -0.3 is 5.32 Å². The van der Waals surface area contributed by atoms with Gasteiger partial charge in [-0.3, -0.25) is 4.79 Å². The fraction of sp³-hybridized carbons (Fsp3) is 0.533. The van der Waals surface area contributed by atoms with Crippen molar-refractivity contribution in [3.8, 4) is 0 Å². The van der Waals surface area contributed by atoms with E-state index in [0.717, 1.165) is 5.56 Å². The molecule has 0 spiro atoms. The average Bonchev–Trinajstić information content (AvgIpc) is 2.33. The molecule has 0 amide bonds. The van der Waals surface area contributed by atoms with Crippen molar-refractivity contribution in [1.29, 1.82) is 0 Å². The standard InChI is InChI=1S/C15H21BrFNO/c1-9(2)15(19)12(8-18-10(3)4)11-5-6-13(16)14(17)7-11/h5-7,9-10,12,18H,8H2,1-4H3. The van der Waals surface area contributed by atoms with Crippen LogP contribution in [0.2, 0.25) is 0 Å². The van der Waals surface area contributed by atoms with Crippen molar-refractivity contribution in [2.24, 2.45) is 5.92 Å². The number of carbonyl (C=O) groups is 1. The van der Waals surface area contributed by atoms with Gasteiger partial charge in [-0.1, -0.05) is 33.8 Å². The van der Waals surface area contributed by atoms with Gasteiger partial charge in [0.05, 0.1) is 10.4 Å². The first-order valence-corrected chi connectivity index (χ1v) is 7.34. The zero-order chi connectivity index (χ0) is 14.6. The van der Waals surface area contributed by atoms with E-state index in [4.69, 9.17) is 0 Å². The monoisotopic (exact) mass is 329 g/mol. The molecule has 0 bridgehead atoms. The van der Waals surface area contributed by atoms with Crippen LogP contribution in [0.3, 0.4) is 0 Å². The molecule has 0 fully saturated rings. The van der Waals surface area contributed by atoms with Crippen LogP contribution in [0, 0.1) is 11.7 Å². The fourth-order valence-electron chi connectivity index (χ4n) is 1.87. The van der Waals surface area contributed by atoms with Gasteiger partial charge in [-0.25, -0.2) is 4.39 Å². The lowest BCUT2D eigenvalue weighted by molar-refractivity contribution is -0.123. The van der Waals surface area contributed by atoms with Gasteiger partial charge in [-0.2, -0.15) is 0 Å². The maximum Gasteiger partial charge on any atom is 0.144 e. The molecule has 0 saturated carbocycles. The Bertz CT molecular complexity index is 446. The van der Waals surface area contributed by atoms with E-state index in [-0.39, 0.29) is 23.4 Å². The summed E-state index contributed by atoms with van der Waals surface area (Å²) in [6.07, 6.45) is 0. The molecule has 0 saturated heterocycles. The molecular weight excluding hydrogens is 309 g/mol. The van der Waals surface area contributed by atoms with E-state index in [2.05, 4.69) is 21.2 Å². The van der Waals surface area contributed by atoms with Gasteiger partial charge in [0.2, 0.25) is 0 Å². The van der Waals surface area contributed by atoms with Crippen molar-refractivity contribution in [3.05, 3.63) is 34.1 Å². The van der Waals surface area contributed by atoms with Gasteiger partial charge in [-0.15, -0.1) is 0 Å². The van der Waals surface area contributed by atoms with Crippen molar-refractivity contribution in [2.45, 2.75) is 39.7 Å². The predicted octanol–water partition coefficient (Wildman–Crippen LogP) is 3.89. The molecule has 19 heavy (non-hydrogen) atoms. The van der Waals surface area contributed by atoms with Crippen LogP contribution in [0.25, 0.3) is 0 Å². The number of carbonyl (C=O) groups excluding carboxylic acids is 1. The average molecular weight is 330 g/mol. The molecular formula is C15H21BrFNO. The number of nitrogens with one attached hydrogen (secondary N) is 1. The Morgan fingerprint density at radius 3 is 2.42 bits per heavy atom. The molecule has 1 aromatic carbocycles. The molecule has 0 radical (unpaired) electrons. The van der Waals surface area contributed by atoms with Gasteiger partial charge >= 0.3 is 0 Å². The molecule has 1 atom stereocenters. The van der Waals surface area contributed by atoms with Gasteiger partial charge in [0, 0.05) is 18.5 Å². The number of ketones is 1. The van der Waals surface area contributed by atoms with E-state index in [0.29, 0.717) is 17.1 Å². The van der Waals surface area contributed by atoms with Crippen molar-refractivity contribution in [2.75, 3.05) is 6.54 Å². The largest absolute Gasteiger partial charge is 0.313 e. The first kappa shape index (κ1) is 16.3. The highest BCUT2D eigenvalue weighted by atomic mass is 79.9. The van der Waals surface area contributed by atoms with Gasteiger partial charge in [0.1, 0.15) is 11.6 Å². The highest BCUT2D eigenvalue weighted by Crippen LogP contribution is 2.24. The molecule has 106 valence electrons. The molecule has 1 aromatic rings. The maximum absolute atomic E-state index is 13.6. The zero-order valence-electron chi connectivity index (χ0n) is 11.8. The van der Waals surface area contributed by atoms with Crippen LogP contribution in [0.5, 0.6) is 0 Å². The van der Waals surface area contributed by atoms with Gasteiger partial charge in [0.15, 0.2) is 0 Å². The lowest BCUT2D eigenvalue weighted by Crippen LogP contribution is -2.33. The number of hydrogen-bond acceptors (Lipinski definition) is 2. The van der Waals surface area contributed by atoms with E-state index >= 15 is 0 Å². The summed E-state index contributed by atoms with van der Waals surface area (Å²) in [6, 6.07) is 5.19. The Morgan fingerprint density at radius 2 is 1.95 bits per heavy atom. The Morgan fingerprint density at radius 1 is 1.32 bits per heavy atom. The summed E-state index contributed by atoms with van der Waals surface area (Å²) in [7, 11) is 0. The summed E-state index contributed by atoms with van der Waals surface area (Å²) in [5.41, 5.74) is 0.729. The second-order valence-electron chi connectivity index (χ2n) is 5.35. The molecule has 1 unspecified atom stereocenters. The van der Waals surface area contributed by atoms with Crippen molar-refractivity contribution in [1.82, 2.24) is 5.32 Å². The van der Waals surface area contributed by atoms with Crippen LogP contribution in [0.15, 0.2) is 22.7 Å². The summed E-state index contributed by atoms with van der Waals surface area (Å²) < 4.78 is 14.0. The van der Waals surface area contributed by atoms with E-state index in [1.807, 2.05) is 27.7 Å². The van der Waals surface area contributed by atoms with Crippen LogP contribution in [-0.2, 0) is 4.79 Å². The minimum absolute atomic E-state index is 0.0642. The highest BCUT2D eigenvalue weighted by Gasteiger charge is 2.23. The third-order valence-corrected chi connectivity index (χ3v) is 3.63. The van der Waals surface area contributed by atoms with Gasteiger partial charge in [0.25, 0.3) is 0 Å². The zero-order valence-corrected chi connectivity index (χ0v) is 13.4. The highest BCUT2D eigenvalue weighted by molar-refractivity contribution is 9.10. The quantitative estimate of drug-likeness (QED) is 0.857. The van der Waals surface area contributed by atoms with Crippen molar-refractivity contribution in [3.63, 3.8) is 0 Å². The molecule has 4 heteroatoms. The van der Waals surface area contributed by atoms with Crippen LogP contribution in [-0.4, -0.2) is 18.4 Å². The summed E-state index contributed by atoms with van der Waals surface area (Å²) in [6.45, 7) is 8.34. The normalized spacial score (nSPS) is 13.1. The maximum atomic E-state index is 13.6. The molecule has 1 N–H and O–H groups in total. The Balaban J connectivity index is 3.00. The van der Waals surface area contributed by atoms with Crippen molar-refractivity contribution >= 4 is 21.7 Å². The third-order valence-electron chi connectivity index (χ3n) is 2.99. The summed E-state index contributed by atoms with van der Waals surface area (Å²) in [5.74, 6) is -0.561. The lowest BCUT2D eigenvalue weighted by Gasteiger charge is -2.20. The van der Waals surface area contributed by atoms with Crippen LogP contribution in [0.1, 0.15) is 39.2 Å². The molecule has 0 aliphatic carbocycles. The number of Topliss-reactive ketones (excluding diaryl/α,β-unsaturated/α-hetero) is 1. The second-order valence-corrected chi connectivity index (χ2v) is 6.20. The first-order valence-electron chi connectivity index (χ1n) is 6.55. The van der Waals surface area contributed by atoms with Crippen LogP contribution in [0.4, 0.5) is 4.39 Å². The molecule has 0 aliphatic rings. The molecule has 0 heterocycles. The number of benzene rings is 1. The van der Waals surface area contributed by atoms with Crippen molar-refractivity contribution < 1.29 is 9.18 Å². The van der Waals surface area contributed by atoms with E-state index in [1.165, 1.54) is 6.07 Å². The summed E-state index contributed by atoms with van der Waals surface area (Å²) in [4.78, 5) is 12.3. The first-order chi connectivity index (χ1) is 8.82. The third kappa shape index (κ3) is 4.69. The molecule has 2 nitrogen and oxygen atoms in total. The number of halogens is 2. The van der Waals surface area contributed by atoms with Crippen LogP contribution >= 0.6 is 15.9 Å². The second kappa shape index (κ2) is 7.15. The molecule has 0 aliphatic heterocycles. The van der Waals surface area contributed by atoms with Crippen LogP contribution < -0.4 is 5.32 Å². The summed E-state index contributed by atoms with van der Waals surface area (Å²) in [5, 5.41) is 3.26. The van der Waals surface area contributed by atoms with E-state index in [9.17, 15) is 9.18 Å². The minimum Gasteiger partial charge on any atom is -0.313 e. The Hall–Kier alpha value is -0.740. The lowest BCUT2D eigenvalue weighted by atomic mass is 9.88.